The molecule has 1 N–H and O–H groups in total. The van der Waals surface area contributed by atoms with Crippen LogP contribution >= 0.6 is 0 Å². The number of halogens is 3. The molecule has 7 heteroatoms. The highest BCUT2D eigenvalue weighted by atomic mass is 19.4. The monoisotopic (exact) mass is 348 g/mol. The number of alkyl halides is 3. The topological polar surface area (TPSA) is 43.4 Å². The Hall–Kier alpha value is -2.96. The SMILES string of the molecule is COc1ccc(OC)c(Nc2ccnc3cc(C(F)(F)F)ccc23)c1. The van der Waals surface area contributed by atoms with Crippen LogP contribution in [0.5, 0.6) is 11.5 Å². The van der Waals surface area contributed by atoms with E-state index < -0.39 is 11.7 Å². The molecule has 3 aromatic rings. The molecule has 130 valence electrons. The molecule has 25 heavy (non-hydrogen) atoms. The molecule has 0 unspecified atom stereocenters. The maximum absolute atomic E-state index is 12.9. The van der Waals surface area contributed by atoms with E-state index in [0.717, 1.165) is 12.1 Å². The molecule has 0 spiro atoms. The number of fused-ring (bicyclic) bond motifs is 1. The molecule has 0 fully saturated rings. The molecule has 3 rings (SSSR count). The number of nitrogens with one attached hydrogen (secondary N) is 1. The molecule has 0 aliphatic heterocycles. The number of ether oxygens (including phenoxy) is 2. The summed E-state index contributed by atoms with van der Waals surface area (Å²) < 4.78 is 49.1. The second-order valence-electron chi connectivity index (χ2n) is 5.28. The molecule has 0 aliphatic rings. The van der Waals surface area contributed by atoms with Crippen LogP contribution in [0.2, 0.25) is 0 Å². The number of pyridine rings is 1. The van der Waals surface area contributed by atoms with E-state index in [-0.39, 0.29) is 5.52 Å². The summed E-state index contributed by atoms with van der Waals surface area (Å²) >= 11 is 0. The van der Waals surface area contributed by atoms with E-state index >= 15 is 0 Å². The van der Waals surface area contributed by atoms with E-state index in [1.807, 2.05) is 0 Å². The van der Waals surface area contributed by atoms with Gasteiger partial charge in [0.15, 0.2) is 0 Å². The number of hydrogen-bond donors (Lipinski definition) is 1. The fourth-order valence-corrected chi connectivity index (χ4v) is 2.49. The van der Waals surface area contributed by atoms with Crippen LogP contribution in [0.25, 0.3) is 10.9 Å². The lowest BCUT2D eigenvalue weighted by Crippen LogP contribution is -2.05. The average molecular weight is 348 g/mol. The van der Waals surface area contributed by atoms with Gasteiger partial charge in [-0.15, -0.1) is 0 Å². The van der Waals surface area contributed by atoms with Gasteiger partial charge in [0, 0.05) is 23.3 Å². The lowest BCUT2D eigenvalue weighted by molar-refractivity contribution is -0.137. The Bertz CT molecular complexity index is 910. The van der Waals surface area contributed by atoms with E-state index in [1.165, 1.54) is 19.4 Å². The molecular weight excluding hydrogens is 333 g/mol. The second kappa shape index (κ2) is 6.51. The molecule has 0 atom stereocenters. The summed E-state index contributed by atoms with van der Waals surface area (Å²) in [7, 11) is 3.08. The predicted molar refractivity (Wildman–Crippen MR) is 89.6 cm³/mol. The first-order valence-electron chi connectivity index (χ1n) is 7.37. The summed E-state index contributed by atoms with van der Waals surface area (Å²) in [6.45, 7) is 0. The molecule has 0 radical (unpaired) electrons. The Morgan fingerprint density at radius 3 is 2.40 bits per heavy atom. The summed E-state index contributed by atoms with van der Waals surface area (Å²) in [6.07, 6.45) is -2.95. The average Bonchev–Trinajstić information content (AvgIpc) is 2.60. The summed E-state index contributed by atoms with van der Waals surface area (Å²) in [4.78, 5) is 4.04. The van der Waals surface area contributed by atoms with Crippen molar-refractivity contribution < 1.29 is 22.6 Å². The highest BCUT2D eigenvalue weighted by Gasteiger charge is 2.30. The van der Waals surface area contributed by atoms with Crippen molar-refractivity contribution in [3.05, 3.63) is 54.2 Å². The number of aromatic nitrogens is 1. The minimum Gasteiger partial charge on any atom is -0.497 e. The molecule has 0 aliphatic carbocycles. The molecule has 1 heterocycles. The molecule has 0 saturated carbocycles. The summed E-state index contributed by atoms with van der Waals surface area (Å²) in [6, 6.07) is 10.4. The van der Waals surface area contributed by atoms with Crippen LogP contribution in [0, 0.1) is 0 Å². The summed E-state index contributed by atoms with van der Waals surface area (Å²) in [5.74, 6) is 1.21. The fourth-order valence-electron chi connectivity index (χ4n) is 2.49. The maximum atomic E-state index is 12.9. The zero-order valence-electron chi connectivity index (χ0n) is 13.5. The fraction of sp³-hybridized carbons (Fsp3) is 0.167. The van der Waals surface area contributed by atoms with Crippen LogP contribution in [0.15, 0.2) is 48.7 Å². The van der Waals surface area contributed by atoms with Gasteiger partial charge >= 0.3 is 6.18 Å². The van der Waals surface area contributed by atoms with Gasteiger partial charge < -0.3 is 14.8 Å². The third-order valence-corrected chi connectivity index (χ3v) is 3.75. The standard InChI is InChI=1S/C18H15F3N2O2/c1-24-12-4-6-17(25-2)16(10-12)23-14-7-8-22-15-9-11(18(19,20)21)3-5-13(14)15/h3-10H,1-2H3,(H,22,23). The van der Waals surface area contributed by atoms with Crippen molar-refractivity contribution in [3.63, 3.8) is 0 Å². The van der Waals surface area contributed by atoms with Gasteiger partial charge in [0.2, 0.25) is 0 Å². The van der Waals surface area contributed by atoms with Gasteiger partial charge in [-0.1, -0.05) is 6.07 Å². The number of benzene rings is 2. The van der Waals surface area contributed by atoms with E-state index in [1.54, 1.807) is 31.4 Å². The third-order valence-electron chi connectivity index (χ3n) is 3.75. The largest absolute Gasteiger partial charge is 0.497 e. The number of anilines is 2. The Kier molecular flexibility index (Phi) is 4.39. The normalized spacial score (nSPS) is 11.4. The van der Waals surface area contributed by atoms with Crippen LogP contribution in [-0.4, -0.2) is 19.2 Å². The highest BCUT2D eigenvalue weighted by Crippen LogP contribution is 2.36. The summed E-state index contributed by atoms with van der Waals surface area (Å²) in [5.41, 5.74) is 0.768. The molecule has 0 saturated heterocycles. The van der Waals surface area contributed by atoms with Crippen LogP contribution in [0.1, 0.15) is 5.56 Å². The van der Waals surface area contributed by atoms with E-state index in [0.29, 0.717) is 28.3 Å². The highest BCUT2D eigenvalue weighted by molar-refractivity contribution is 5.93. The van der Waals surface area contributed by atoms with Crippen molar-refractivity contribution in [2.45, 2.75) is 6.18 Å². The summed E-state index contributed by atoms with van der Waals surface area (Å²) in [5, 5.41) is 3.74. The van der Waals surface area contributed by atoms with Crippen molar-refractivity contribution in [2.24, 2.45) is 0 Å². The van der Waals surface area contributed by atoms with E-state index in [4.69, 9.17) is 9.47 Å². The van der Waals surface area contributed by atoms with Crippen molar-refractivity contribution >= 4 is 22.3 Å². The number of methoxy groups -OCH3 is 2. The van der Waals surface area contributed by atoms with Gasteiger partial charge in [-0.25, -0.2) is 0 Å². The first-order chi connectivity index (χ1) is 11.9. The van der Waals surface area contributed by atoms with Gasteiger partial charge in [0.1, 0.15) is 11.5 Å². The Morgan fingerprint density at radius 1 is 0.920 bits per heavy atom. The van der Waals surface area contributed by atoms with Crippen molar-refractivity contribution in [1.29, 1.82) is 0 Å². The molecule has 4 nitrogen and oxygen atoms in total. The van der Waals surface area contributed by atoms with Gasteiger partial charge in [-0.05, 0) is 30.3 Å². The lowest BCUT2D eigenvalue weighted by Gasteiger charge is -2.15. The minimum absolute atomic E-state index is 0.252. The van der Waals surface area contributed by atoms with Crippen LogP contribution < -0.4 is 14.8 Å². The van der Waals surface area contributed by atoms with Crippen molar-refractivity contribution in [3.8, 4) is 11.5 Å². The van der Waals surface area contributed by atoms with Crippen LogP contribution in [-0.2, 0) is 6.18 Å². The van der Waals surface area contributed by atoms with Gasteiger partial charge in [0.05, 0.1) is 31.0 Å². The maximum Gasteiger partial charge on any atom is 0.416 e. The zero-order chi connectivity index (χ0) is 18.0. The quantitative estimate of drug-likeness (QED) is 0.719. The first-order valence-corrected chi connectivity index (χ1v) is 7.37. The lowest BCUT2D eigenvalue weighted by atomic mass is 10.1. The minimum atomic E-state index is -4.41. The van der Waals surface area contributed by atoms with E-state index in [9.17, 15) is 13.2 Å². The molecule has 1 aromatic heterocycles. The number of nitrogens with zero attached hydrogens (tertiary/aromatic N) is 1. The molecule has 0 bridgehead atoms. The first kappa shape index (κ1) is 16.9. The third kappa shape index (κ3) is 3.45. The van der Waals surface area contributed by atoms with Crippen molar-refractivity contribution in [1.82, 2.24) is 4.98 Å². The number of hydrogen-bond acceptors (Lipinski definition) is 4. The van der Waals surface area contributed by atoms with Gasteiger partial charge in [0.25, 0.3) is 0 Å². The van der Waals surface area contributed by atoms with Crippen LogP contribution in [0.4, 0.5) is 24.5 Å². The van der Waals surface area contributed by atoms with Gasteiger partial charge in [-0.2, -0.15) is 13.2 Å². The smallest absolute Gasteiger partial charge is 0.416 e. The molecular formula is C18H15F3N2O2. The Morgan fingerprint density at radius 2 is 1.72 bits per heavy atom. The predicted octanol–water partition coefficient (Wildman–Crippen LogP) is 5.01. The van der Waals surface area contributed by atoms with E-state index in [2.05, 4.69) is 10.3 Å². The molecule has 2 aromatic carbocycles. The second-order valence-corrected chi connectivity index (χ2v) is 5.28. The van der Waals surface area contributed by atoms with Crippen molar-refractivity contribution in [2.75, 3.05) is 19.5 Å². The Balaban J connectivity index is 2.05. The Labute approximate surface area is 142 Å². The molecule has 0 amide bonds. The van der Waals surface area contributed by atoms with Gasteiger partial charge in [-0.3, -0.25) is 4.98 Å². The van der Waals surface area contributed by atoms with Crippen LogP contribution in [0.3, 0.4) is 0 Å². The zero-order valence-corrected chi connectivity index (χ0v) is 13.5. The number of rotatable bonds is 4.